The number of nitrogens with zero attached hydrogens (tertiary/aromatic N) is 5. The summed E-state index contributed by atoms with van der Waals surface area (Å²) in [5.74, 6) is -1.32. The number of carbonyl (C=O) groups excluding carboxylic acids is 2. The SMILES string of the molecule is CC1CC(=O)N(CC2c3c(OCc4cn(C(C)C)nn4)ccc(Br)c3CCN2C(=O)[C@@H]2CCCC[C@@H]2C(=O)O)C1. The van der Waals surface area contributed by atoms with Crippen LogP contribution in [0.15, 0.2) is 22.8 Å². The molecule has 0 spiro atoms. The normalized spacial score (nSPS) is 24.9. The fourth-order valence-electron chi connectivity index (χ4n) is 6.43. The highest BCUT2D eigenvalue weighted by molar-refractivity contribution is 9.10. The maximum absolute atomic E-state index is 14.1. The van der Waals surface area contributed by atoms with E-state index in [9.17, 15) is 19.5 Å². The number of carboxylic acids is 1. The molecule has 2 aliphatic heterocycles. The summed E-state index contributed by atoms with van der Waals surface area (Å²) in [5.41, 5.74) is 2.62. The van der Waals surface area contributed by atoms with Gasteiger partial charge in [-0.3, -0.25) is 14.4 Å². The second kappa shape index (κ2) is 11.9. The van der Waals surface area contributed by atoms with E-state index in [-0.39, 0.29) is 30.4 Å². The average Bonchev–Trinajstić information content (AvgIpc) is 3.53. The van der Waals surface area contributed by atoms with Crippen molar-refractivity contribution in [2.45, 2.75) is 78.0 Å². The first-order valence-electron chi connectivity index (χ1n) is 14.3. The highest BCUT2D eigenvalue weighted by Gasteiger charge is 2.43. The maximum atomic E-state index is 14.1. The Morgan fingerprint density at radius 2 is 1.95 bits per heavy atom. The Balaban J connectivity index is 1.50. The van der Waals surface area contributed by atoms with Gasteiger partial charge in [-0.1, -0.05) is 40.9 Å². The van der Waals surface area contributed by atoms with Crippen LogP contribution in [0.1, 0.15) is 81.8 Å². The fourth-order valence-corrected chi connectivity index (χ4v) is 6.98. The van der Waals surface area contributed by atoms with E-state index in [4.69, 9.17) is 4.74 Å². The Labute approximate surface area is 243 Å². The van der Waals surface area contributed by atoms with E-state index in [1.54, 1.807) is 4.68 Å². The van der Waals surface area contributed by atoms with Crippen LogP contribution in [0, 0.1) is 17.8 Å². The van der Waals surface area contributed by atoms with Crippen molar-refractivity contribution in [2.24, 2.45) is 17.8 Å². The molecule has 11 heteroatoms. The first-order valence-corrected chi connectivity index (χ1v) is 15.1. The number of carbonyl (C=O) groups is 3. The van der Waals surface area contributed by atoms with Gasteiger partial charge in [0.05, 0.1) is 24.1 Å². The number of ether oxygens (including phenoxy) is 1. The number of benzene rings is 1. The molecule has 1 aliphatic carbocycles. The van der Waals surface area contributed by atoms with Gasteiger partial charge in [-0.15, -0.1) is 5.10 Å². The molecule has 3 aliphatic rings. The summed E-state index contributed by atoms with van der Waals surface area (Å²) in [4.78, 5) is 42.8. The number of aromatic nitrogens is 3. The quantitative estimate of drug-likeness (QED) is 0.468. The minimum absolute atomic E-state index is 0.0795. The predicted octanol–water partition coefficient (Wildman–Crippen LogP) is 4.39. The summed E-state index contributed by atoms with van der Waals surface area (Å²) in [6.45, 7) is 7.78. The number of rotatable bonds is 8. The third-order valence-electron chi connectivity index (χ3n) is 8.52. The van der Waals surface area contributed by atoms with Crippen molar-refractivity contribution in [3.05, 3.63) is 39.6 Å². The predicted molar refractivity (Wildman–Crippen MR) is 150 cm³/mol. The molecular formula is C29H38BrN5O5. The highest BCUT2D eigenvalue weighted by Crippen LogP contribution is 2.43. The molecule has 5 rings (SSSR count). The molecule has 10 nitrogen and oxygen atoms in total. The van der Waals surface area contributed by atoms with Crippen LogP contribution in [0.5, 0.6) is 5.75 Å². The van der Waals surface area contributed by atoms with E-state index >= 15 is 0 Å². The van der Waals surface area contributed by atoms with Gasteiger partial charge in [0, 0.05) is 42.1 Å². The lowest BCUT2D eigenvalue weighted by Gasteiger charge is -2.43. The number of halogens is 1. The monoisotopic (exact) mass is 615 g/mol. The van der Waals surface area contributed by atoms with Crippen molar-refractivity contribution in [1.29, 1.82) is 0 Å². The van der Waals surface area contributed by atoms with Crippen molar-refractivity contribution in [3.63, 3.8) is 0 Å². The minimum atomic E-state index is -0.906. The van der Waals surface area contributed by atoms with E-state index in [1.807, 2.05) is 42.0 Å². The van der Waals surface area contributed by atoms with Crippen LogP contribution in [0.4, 0.5) is 0 Å². The van der Waals surface area contributed by atoms with Crippen LogP contribution in [0.2, 0.25) is 0 Å². The molecule has 4 atom stereocenters. The molecule has 2 fully saturated rings. The molecular weight excluding hydrogens is 578 g/mol. The van der Waals surface area contributed by atoms with E-state index in [1.165, 1.54) is 0 Å². The molecule has 1 saturated heterocycles. The van der Waals surface area contributed by atoms with E-state index in [0.717, 1.165) is 28.4 Å². The third kappa shape index (κ3) is 5.75. The standard InChI is InChI=1S/C29H38BrN5O5/c1-17(2)35-14-19(31-32-35)16-40-25-9-8-23(30)22-10-11-34(28(37)20-6-4-5-7-21(20)29(38)39)24(27(22)25)15-33-13-18(3)12-26(33)36/h8-9,14,17-18,20-21,24H,4-7,10-13,15-16H2,1-3H3,(H,38,39)/t18?,20-,21+,24?/m1/s1. The topological polar surface area (TPSA) is 118 Å². The lowest BCUT2D eigenvalue weighted by atomic mass is 9.77. The summed E-state index contributed by atoms with van der Waals surface area (Å²) >= 11 is 3.71. The Morgan fingerprint density at radius 3 is 2.60 bits per heavy atom. The van der Waals surface area contributed by atoms with Crippen molar-refractivity contribution in [2.75, 3.05) is 19.6 Å². The zero-order chi connectivity index (χ0) is 28.6. The lowest BCUT2D eigenvalue weighted by molar-refractivity contribution is -0.154. The summed E-state index contributed by atoms with van der Waals surface area (Å²) in [6.07, 6.45) is 5.70. The van der Waals surface area contributed by atoms with Gasteiger partial charge < -0.3 is 19.6 Å². The molecule has 1 aromatic heterocycles. The molecule has 2 aromatic rings. The van der Waals surface area contributed by atoms with Crippen LogP contribution in [-0.2, 0) is 27.4 Å². The summed E-state index contributed by atoms with van der Waals surface area (Å²) in [7, 11) is 0. The minimum Gasteiger partial charge on any atom is -0.487 e. The first kappa shape index (κ1) is 28.6. The molecule has 2 unspecified atom stereocenters. The second-order valence-electron chi connectivity index (χ2n) is 11.8. The Bertz CT molecular complexity index is 1280. The number of carboxylic acid groups (broad SMARTS) is 1. The van der Waals surface area contributed by atoms with Crippen molar-refractivity contribution in [1.82, 2.24) is 24.8 Å². The molecule has 2 amide bonds. The molecule has 1 saturated carbocycles. The fraction of sp³-hybridized carbons (Fsp3) is 0.621. The number of hydrogen-bond acceptors (Lipinski definition) is 6. The largest absolute Gasteiger partial charge is 0.487 e. The lowest BCUT2D eigenvalue weighted by Crippen LogP contribution is -2.50. The van der Waals surface area contributed by atoms with E-state index in [2.05, 4.69) is 33.2 Å². The van der Waals surface area contributed by atoms with Gasteiger partial charge >= 0.3 is 5.97 Å². The van der Waals surface area contributed by atoms with Gasteiger partial charge in [0.1, 0.15) is 18.1 Å². The zero-order valence-corrected chi connectivity index (χ0v) is 25.0. The van der Waals surface area contributed by atoms with Gasteiger partial charge in [0.15, 0.2) is 0 Å². The molecule has 0 radical (unpaired) electrons. The third-order valence-corrected chi connectivity index (χ3v) is 9.26. The van der Waals surface area contributed by atoms with Crippen molar-refractivity contribution in [3.8, 4) is 5.75 Å². The van der Waals surface area contributed by atoms with Crippen LogP contribution in [0.3, 0.4) is 0 Å². The smallest absolute Gasteiger partial charge is 0.307 e. The first-order chi connectivity index (χ1) is 19.1. The number of fused-ring (bicyclic) bond motifs is 1. The summed E-state index contributed by atoms with van der Waals surface area (Å²) in [5, 5.41) is 18.3. The average molecular weight is 617 g/mol. The van der Waals surface area contributed by atoms with Gasteiger partial charge in [-0.05, 0) is 56.7 Å². The van der Waals surface area contributed by atoms with Gasteiger partial charge in [-0.2, -0.15) is 0 Å². The summed E-state index contributed by atoms with van der Waals surface area (Å²) in [6, 6.07) is 3.59. The number of likely N-dealkylation sites (tertiary alicyclic amines) is 1. The van der Waals surface area contributed by atoms with Gasteiger partial charge in [0.2, 0.25) is 11.8 Å². The van der Waals surface area contributed by atoms with Crippen LogP contribution < -0.4 is 4.74 Å². The maximum Gasteiger partial charge on any atom is 0.307 e. The second-order valence-corrected chi connectivity index (χ2v) is 12.6. The van der Waals surface area contributed by atoms with Crippen LogP contribution in [0.25, 0.3) is 0 Å². The van der Waals surface area contributed by atoms with E-state index < -0.39 is 23.8 Å². The Hall–Kier alpha value is -2.95. The van der Waals surface area contributed by atoms with Gasteiger partial charge in [-0.25, -0.2) is 4.68 Å². The van der Waals surface area contributed by atoms with Crippen molar-refractivity contribution >= 4 is 33.7 Å². The molecule has 1 N–H and O–H groups in total. The Kier molecular flexibility index (Phi) is 8.49. The molecule has 0 bridgehead atoms. The van der Waals surface area contributed by atoms with Crippen LogP contribution >= 0.6 is 15.9 Å². The molecule has 1 aromatic carbocycles. The highest BCUT2D eigenvalue weighted by atomic mass is 79.9. The molecule has 3 heterocycles. The number of amides is 2. The van der Waals surface area contributed by atoms with E-state index in [0.29, 0.717) is 56.8 Å². The molecule has 40 heavy (non-hydrogen) atoms. The summed E-state index contributed by atoms with van der Waals surface area (Å²) < 4.78 is 9.05. The van der Waals surface area contributed by atoms with Crippen molar-refractivity contribution < 1.29 is 24.2 Å². The number of aliphatic carboxylic acids is 1. The van der Waals surface area contributed by atoms with Gasteiger partial charge in [0.25, 0.3) is 0 Å². The zero-order valence-electron chi connectivity index (χ0n) is 23.4. The number of hydrogen-bond donors (Lipinski definition) is 1. The molecule has 216 valence electrons. The Morgan fingerprint density at radius 1 is 1.20 bits per heavy atom. The van der Waals surface area contributed by atoms with Crippen LogP contribution in [-0.4, -0.2) is 67.3 Å².